The monoisotopic (exact) mass is 248 g/mol. The number of aryl methyl sites for hydroxylation is 1. The molecule has 4 nitrogen and oxygen atoms in total. The van der Waals surface area contributed by atoms with Crippen LogP contribution in [-0.4, -0.2) is 30.5 Å². The average Bonchev–Trinajstić information content (AvgIpc) is 2.38. The summed E-state index contributed by atoms with van der Waals surface area (Å²) in [6, 6.07) is 5.59. The van der Waals surface area contributed by atoms with Crippen molar-refractivity contribution in [1.82, 2.24) is 4.90 Å². The van der Waals surface area contributed by atoms with E-state index in [1.807, 2.05) is 30.0 Å². The van der Waals surface area contributed by atoms with Gasteiger partial charge in [0, 0.05) is 13.1 Å². The number of piperidine rings is 1. The second kappa shape index (κ2) is 5.76. The van der Waals surface area contributed by atoms with Crippen molar-refractivity contribution in [1.29, 1.82) is 0 Å². The Hall–Kier alpha value is -1.71. The summed E-state index contributed by atoms with van der Waals surface area (Å²) in [4.78, 5) is 13.8. The van der Waals surface area contributed by atoms with Gasteiger partial charge in [0.05, 0.1) is 5.69 Å². The van der Waals surface area contributed by atoms with Gasteiger partial charge in [0.2, 0.25) is 0 Å². The highest BCUT2D eigenvalue weighted by atomic mass is 16.5. The highest BCUT2D eigenvalue weighted by Crippen LogP contribution is 2.22. The third-order valence-electron chi connectivity index (χ3n) is 3.23. The number of hydrogen-bond acceptors (Lipinski definition) is 3. The highest BCUT2D eigenvalue weighted by Gasteiger charge is 2.17. The van der Waals surface area contributed by atoms with E-state index >= 15 is 0 Å². The number of carbonyl (C=O) groups is 1. The average molecular weight is 248 g/mol. The molecule has 0 bridgehead atoms. The van der Waals surface area contributed by atoms with Gasteiger partial charge in [0.25, 0.3) is 5.91 Å². The molecule has 0 atom stereocenters. The SMILES string of the molecule is Cc1ccc(OCC(=O)N2CCCCC2)c(N)c1. The van der Waals surface area contributed by atoms with Gasteiger partial charge < -0.3 is 15.4 Å². The van der Waals surface area contributed by atoms with Gasteiger partial charge >= 0.3 is 0 Å². The maximum Gasteiger partial charge on any atom is 0.260 e. The zero-order chi connectivity index (χ0) is 13.0. The predicted octanol–water partition coefficient (Wildman–Crippen LogP) is 1.97. The Labute approximate surface area is 108 Å². The van der Waals surface area contributed by atoms with E-state index in [9.17, 15) is 4.79 Å². The topological polar surface area (TPSA) is 55.6 Å². The molecule has 1 aromatic carbocycles. The van der Waals surface area contributed by atoms with Gasteiger partial charge in [0.15, 0.2) is 6.61 Å². The van der Waals surface area contributed by atoms with E-state index in [0.29, 0.717) is 11.4 Å². The van der Waals surface area contributed by atoms with Crippen molar-refractivity contribution in [3.63, 3.8) is 0 Å². The van der Waals surface area contributed by atoms with Crippen molar-refractivity contribution in [3.05, 3.63) is 23.8 Å². The van der Waals surface area contributed by atoms with Gasteiger partial charge in [-0.1, -0.05) is 6.07 Å². The number of carbonyl (C=O) groups excluding carboxylic acids is 1. The first-order valence-electron chi connectivity index (χ1n) is 6.43. The first kappa shape index (κ1) is 12.7. The van der Waals surface area contributed by atoms with E-state index < -0.39 is 0 Å². The number of anilines is 1. The summed E-state index contributed by atoms with van der Waals surface area (Å²) in [5.41, 5.74) is 7.51. The Morgan fingerprint density at radius 3 is 2.72 bits per heavy atom. The van der Waals surface area contributed by atoms with Crippen LogP contribution >= 0.6 is 0 Å². The zero-order valence-electron chi connectivity index (χ0n) is 10.8. The minimum Gasteiger partial charge on any atom is -0.482 e. The molecule has 1 saturated heterocycles. The fraction of sp³-hybridized carbons (Fsp3) is 0.500. The smallest absolute Gasteiger partial charge is 0.260 e. The lowest BCUT2D eigenvalue weighted by atomic mass is 10.1. The van der Waals surface area contributed by atoms with E-state index in [2.05, 4.69) is 0 Å². The van der Waals surface area contributed by atoms with Crippen LogP contribution in [0.4, 0.5) is 5.69 Å². The fourth-order valence-electron chi connectivity index (χ4n) is 2.17. The molecule has 4 heteroatoms. The van der Waals surface area contributed by atoms with Crippen LogP contribution in [0.3, 0.4) is 0 Å². The van der Waals surface area contributed by atoms with Crippen LogP contribution in [0.5, 0.6) is 5.75 Å². The molecular weight excluding hydrogens is 228 g/mol. The van der Waals surface area contributed by atoms with Crippen LogP contribution in [0.2, 0.25) is 0 Å². The van der Waals surface area contributed by atoms with Crippen LogP contribution in [-0.2, 0) is 4.79 Å². The molecular formula is C14H20N2O2. The van der Waals surface area contributed by atoms with Crippen molar-refractivity contribution in [2.45, 2.75) is 26.2 Å². The van der Waals surface area contributed by atoms with E-state index in [1.165, 1.54) is 6.42 Å². The number of nitrogens with two attached hydrogens (primary N) is 1. The summed E-state index contributed by atoms with van der Waals surface area (Å²) in [5, 5.41) is 0. The summed E-state index contributed by atoms with van der Waals surface area (Å²) in [5.74, 6) is 0.639. The predicted molar refractivity (Wildman–Crippen MR) is 71.5 cm³/mol. The summed E-state index contributed by atoms with van der Waals surface area (Å²) >= 11 is 0. The molecule has 0 saturated carbocycles. The quantitative estimate of drug-likeness (QED) is 0.832. The van der Waals surface area contributed by atoms with Crippen molar-refractivity contribution < 1.29 is 9.53 Å². The molecule has 0 radical (unpaired) electrons. The van der Waals surface area contributed by atoms with Crippen LogP contribution in [0.25, 0.3) is 0 Å². The van der Waals surface area contributed by atoms with Gasteiger partial charge in [-0.2, -0.15) is 0 Å². The lowest BCUT2D eigenvalue weighted by Gasteiger charge is -2.26. The van der Waals surface area contributed by atoms with Crippen molar-refractivity contribution in [3.8, 4) is 5.75 Å². The van der Waals surface area contributed by atoms with Crippen LogP contribution < -0.4 is 10.5 Å². The number of rotatable bonds is 3. The van der Waals surface area contributed by atoms with Gasteiger partial charge in [0.1, 0.15) is 5.75 Å². The van der Waals surface area contributed by atoms with E-state index in [4.69, 9.17) is 10.5 Å². The lowest BCUT2D eigenvalue weighted by molar-refractivity contribution is -0.134. The summed E-state index contributed by atoms with van der Waals surface area (Å²) in [7, 11) is 0. The zero-order valence-corrected chi connectivity index (χ0v) is 10.8. The number of nitrogen functional groups attached to an aromatic ring is 1. The highest BCUT2D eigenvalue weighted by molar-refractivity contribution is 5.78. The van der Waals surface area contributed by atoms with Crippen LogP contribution in [0.1, 0.15) is 24.8 Å². The second-order valence-electron chi connectivity index (χ2n) is 4.77. The summed E-state index contributed by atoms with van der Waals surface area (Å²) in [6.45, 7) is 3.75. The van der Waals surface area contributed by atoms with E-state index in [1.54, 1.807) is 0 Å². The standard InChI is InChI=1S/C14H20N2O2/c1-11-5-6-13(12(15)9-11)18-10-14(17)16-7-3-2-4-8-16/h5-6,9H,2-4,7-8,10,15H2,1H3. The Bertz CT molecular complexity index is 426. The van der Waals surface area contributed by atoms with Gasteiger partial charge in [-0.3, -0.25) is 4.79 Å². The Kier molecular flexibility index (Phi) is 4.07. The third kappa shape index (κ3) is 3.15. The number of nitrogens with zero attached hydrogens (tertiary/aromatic N) is 1. The van der Waals surface area contributed by atoms with Gasteiger partial charge in [-0.25, -0.2) is 0 Å². The van der Waals surface area contributed by atoms with E-state index in [-0.39, 0.29) is 12.5 Å². The normalized spacial score (nSPS) is 15.5. The molecule has 0 spiro atoms. The molecule has 1 amide bonds. The molecule has 98 valence electrons. The minimum atomic E-state index is 0.0506. The number of amides is 1. The first-order chi connectivity index (χ1) is 8.66. The van der Waals surface area contributed by atoms with Crippen molar-refractivity contribution in [2.24, 2.45) is 0 Å². The number of benzene rings is 1. The molecule has 2 rings (SSSR count). The molecule has 2 N–H and O–H groups in total. The summed E-state index contributed by atoms with van der Waals surface area (Å²) < 4.78 is 5.49. The Balaban J connectivity index is 1.88. The van der Waals surface area contributed by atoms with Crippen LogP contribution in [0, 0.1) is 6.92 Å². The maximum atomic E-state index is 11.9. The lowest BCUT2D eigenvalue weighted by Crippen LogP contribution is -2.38. The molecule has 1 aliphatic heterocycles. The number of ether oxygens (including phenoxy) is 1. The minimum absolute atomic E-state index is 0.0506. The summed E-state index contributed by atoms with van der Waals surface area (Å²) in [6.07, 6.45) is 3.41. The van der Waals surface area contributed by atoms with Gasteiger partial charge in [-0.05, 0) is 43.9 Å². The van der Waals surface area contributed by atoms with E-state index in [0.717, 1.165) is 31.5 Å². The van der Waals surface area contributed by atoms with Gasteiger partial charge in [-0.15, -0.1) is 0 Å². The largest absolute Gasteiger partial charge is 0.482 e. The molecule has 0 aromatic heterocycles. The van der Waals surface area contributed by atoms with Crippen molar-refractivity contribution >= 4 is 11.6 Å². The Morgan fingerprint density at radius 1 is 1.33 bits per heavy atom. The molecule has 1 aromatic rings. The molecule has 1 aliphatic rings. The molecule has 0 unspecified atom stereocenters. The molecule has 1 heterocycles. The maximum absolute atomic E-state index is 11.9. The third-order valence-corrected chi connectivity index (χ3v) is 3.23. The number of hydrogen-bond donors (Lipinski definition) is 1. The Morgan fingerprint density at radius 2 is 2.06 bits per heavy atom. The molecule has 1 fully saturated rings. The van der Waals surface area contributed by atoms with Crippen molar-refractivity contribution in [2.75, 3.05) is 25.4 Å². The second-order valence-corrected chi connectivity index (χ2v) is 4.77. The fourth-order valence-corrected chi connectivity index (χ4v) is 2.17. The molecule has 18 heavy (non-hydrogen) atoms. The van der Waals surface area contributed by atoms with Crippen LogP contribution in [0.15, 0.2) is 18.2 Å². The first-order valence-corrected chi connectivity index (χ1v) is 6.43. The molecule has 0 aliphatic carbocycles. The number of likely N-dealkylation sites (tertiary alicyclic amines) is 1.